The van der Waals surface area contributed by atoms with Crippen molar-refractivity contribution in [2.45, 2.75) is 26.3 Å². The molecule has 8 heteroatoms. The summed E-state index contributed by atoms with van der Waals surface area (Å²) in [5, 5.41) is 9.41. The number of amides is 3. The maximum Gasteiger partial charge on any atom is 0.319 e. The number of hydrogen-bond acceptors (Lipinski definition) is 3. The molecule has 0 bridgehead atoms. The molecule has 132 valence electrons. The van der Waals surface area contributed by atoms with Crippen LogP contribution in [0.2, 0.25) is 0 Å². The van der Waals surface area contributed by atoms with Gasteiger partial charge in [-0.25, -0.2) is 13.9 Å². The van der Waals surface area contributed by atoms with Crippen LogP contribution in [0, 0.1) is 19.7 Å². The third kappa shape index (κ3) is 3.47. The van der Waals surface area contributed by atoms with Gasteiger partial charge in [0.1, 0.15) is 11.7 Å². The number of halogens is 1. The maximum absolute atomic E-state index is 14.4. The molecule has 3 rings (SSSR count). The Labute approximate surface area is 144 Å². The molecule has 0 saturated carbocycles. The van der Waals surface area contributed by atoms with Crippen LogP contribution in [0.1, 0.15) is 17.8 Å². The van der Waals surface area contributed by atoms with Crippen LogP contribution in [-0.4, -0.2) is 46.3 Å². The van der Waals surface area contributed by atoms with Crippen LogP contribution < -0.4 is 10.6 Å². The number of carbonyl (C=O) groups excluding carboxylic acids is 2. The Morgan fingerprint density at radius 3 is 2.64 bits per heavy atom. The zero-order chi connectivity index (χ0) is 18.1. The summed E-state index contributed by atoms with van der Waals surface area (Å²) < 4.78 is 15.9. The van der Waals surface area contributed by atoms with Crippen LogP contribution in [0.15, 0.2) is 24.3 Å². The predicted molar refractivity (Wildman–Crippen MR) is 91.2 cm³/mol. The molecule has 0 spiro atoms. The van der Waals surface area contributed by atoms with Crippen molar-refractivity contribution in [3.8, 4) is 5.69 Å². The number of benzene rings is 1. The number of aromatic nitrogens is 2. The Kier molecular flexibility index (Phi) is 4.43. The molecule has 7 nitrogen and oxygen atoms in total. The summed E-state index contributed by atoms with van der Waals surface area (Å²) in [6.07, 6.45) is 0.563. The van der Waals surface area contributed by atoms with E-state index in [-0.39, 0.29) is 5.91 Å². The second-order valence-electron chi connectivity index (χ2n) is 6.20. The third-order valence-corrected chi connectivity index (χ3v) is 4.18. The van der Waals surface area contributed by atoms with Crippen LogP contribution in [0.3, 0.4) is 0 Å². The van der Waals surface area contributed by atoms with Gasteiger partial charge in [-0.05, 0) is 44.5 Å². The predicted octanol–water partition coefficient (Wildman–Crippen LogP) is 1.98. The molecule has 1 aromatic heterocycles. The quantitative estimate of drug-likeness (QED) is 0.893. The second kappa shape index (κ2) is 6.54. The first kappa shape index (κ1) is 16.9. The number of nitrogens with one attached hydrogen (secondary N) is 2. The topological polar surface area (TPSA) is 79.3 Å². The van der Waals surface area contributed by atoms with Gasteiger partial charge in [-0.3, -0.25) is 4.79 Å². The van der Waals surface area contributed by atoms with Crippen LogP contribution in [-0.2, 0) is 4.79 Å². The number of aryl methyl sites for hydroxylation is 2. The van der Waals surface area contributed by atoms with Gasteiger partial charge in [-0.1, -0.05) is 0 Å². The Bertz CT molecular complexity index is 832. The van der Waals surface area contributed by atoms with Crippen LogP contribution >= 0.6 is 0 Å². The summed E-state index contributed by atoms with van der Waals surface area (Å²) in [5.41, 5.74) is 2.23. The number of nitrogens with zero attached hydrogens (tertiary/aromatic N) is 3. The highest BCUT2D eigenvalue weighted by molar-refractivity contribution is 5.94. The molecule has 3 amide bonds. The first-order valence-electron chi connectivity index (χ1n) is 8.01. The number of likely N-dealkylation sites (tertiary alicyclic amines) is 1. The van der Waals surface area contributed by atoms with Crippen molar-refractivity contribution in [2.24, 2.45) is 0 Å². The molecule has 1 aliphatic heterocycles. The lowest BCUT2D eigenvalue weighted by molar-refractivity contribution is -0.128. The van der Waals surface area contributed by atoms with Crippen LogP contribution in [0.5, 0.6) is 0 Å². The van der Waals surface area contributed by atoms with Crippen molar-refractivity contribution in [3.05, 3.63) is 41.5 Å². The Hall–Kier alpha value is -2.90. The summed E-state index contributed by atoms with van der Waals surface area (Å²) in [7, 11) is 1.69. The van der Waals surface area contributed by atoms with Crippen molar-refractivity contribution in [3.63, 3.8) is 0 Å². The number of anilines is 1. The van der Waals surface area contributed by atoms with Gasteiger partial charge in [-0.2, -0.15) is 5.10 Å². The third-order valence-electron chi connectivity index (χ3n) is 4.18. The minimum atomic E-state index is -0.538. The van der Waals surface area contributed by atoms with E-state index in [0.29, 0.717) is 24.3 Å². The fraction of sp³-hybridized carbons (Fsp3) is 0.353. The molecule has 0 unspecified atom stereocenters. The van der Waals surface area contributed by atoms with Gasteiger partial charge in [0.25, 0.3) is 0 Å². The highest BCUT2D eigenvalue weighted by atomic mass is 19.1. The molecule has 0 radical (unpaired) electrons. The SMILES string of the molecule is Cc1cc(C)n(-c2ccc(NC(=O)N[C@@H]3CCN(C)C3=O)cc2F)n1. The lowest BCUT2D eigenvalue weighted by atomic mass is 10.2. The first-order chi connectivity index (χ1) is 11.8. The van der Waals surface area contributed by atoms with Gasteiger partial charge >= 0.3 is 6.03 Å². The summed E-state index contributed by atoms with van der Waals surface area (Å²) in [6, 6.07) is 5.16. The van der Waals surface area contributed by atoms with Crippen molar-refractivity contribution >= 4 is 17.6 Å². The van der Waals surface area contributed by atoms with Gasteiger partial charge in [0, 0.05) is 25.0 Å². The molecule has 2 heterocycles. The van der Waals surface area contributed by atoms with E-state index in [4.69, 9.17) is 0 Å². The number of hydrogen-bond donors (Lipinski definition) is 2. The molecule has 25 heavy (non-hydrogen) atoms. The van der Waals surface area contributed by atoms with E-state index in [2.05, 4.69) is 15.7 Å². The van der Waals surface area contributed by atoms with Crippen molar-refractivity contribution in [2.75, 3.05) is 18.9 Å². The number of rotatable bonds is 3. The van der Waals surface area contributed by atoms with Gasteiger partial charge in [0.2, 0.25) is 5.91 Å². The minimum absolute atomic E-state index is 0.124. The molecule has 2 N–H and O–H groups in total. The molecule has 1 atom stereocenters. The maximum atomic E-state index is 14.4. The fourth-order valence-corrected chi connectivity index (χ4v) is 2.91. The molecule has 0 aliphatic carbocycles. The lowest BCUT2D eigenvalue weighted by Crippen LogP contribution is -2.42. The summed E-state index contributed by atoms with van der Waals surface area (Å²) in [4.78, 5) is 25.4. The van der Waals surface area contributed by atoms with E-state index in [1.54, 1.807) is 24.1 Å². The van der Waals surface area contributed by atoms with E-state index in [0.717, 1.165) is 11.4 Å². The van der Waals surface area contributed by atoms with Crippen molar-refractivity contribution < 1.29 is 14.0 Å². The van der Waals surface area contributed by atoms with E-state index >= 15 is 0 Å². The Morgan fingerprint density at radius 2 is 2.08 bits per heavy atom. The normalized spacial score (nSPS) is 17.0. The second-order valence-corrected chi connectivity index (χ2v) is 6.20. The summed E-state index contributed by atoms with van der Waals surface area (Å²) in [5.74, 6) is -0.623. The lowest BCUT2D eigenvalue weighted by Gasteiger charge is -2.14. The Balaban J connectivity index is 1.70. The average molecular weight is 345 g/mol. The van der Waals surface area contributed by atoms with Gasteiger partial charge < -0.3 is 15.5 Å². The van der Waals surface area contributed by atoms with Gasteiger partial charge in [0.15, 0.2) is 5.82 Å². The number of likely N-dealkylation sites (N-methyl/N-ethyl adjacent to an activating group) is 1. The number of urea groups is 1. The number of carbonyl (C=O) groups is 2. The highest BCUT2D eigenvalue weighted by Crippen LogP contribution is 2.20. The van der Waals surface area contributed by atoms with E-state index in [1.165, 1.54) is 10.7 Å². The largest absolute Gasteiger partial charge is 0.344 e. The van der Waals surface area contributed by atoms with Gasteiger partial charge in [-0.15, -0.1) is 0 Å². The zero-order valence-electron chi connectivity index (χ0n) is 14.3. The minimum Gasteiger partial charge on any atom is -0.344 e. The van der Waals surface area contributed by atoms with Gasteiger partial charge in [0.05, 0.1) is 5.69 Å². The van der Waals surface area contributed by atoms with Crippen LogP contribution in [0.4, 0.5) is 14.9 Å². The molecular formula is C17H20FN5O2. The van der Waals surface area contributed by atoms with Crippen molar-refractivity contribution in [1.29, 1.82) is 0 Å². The highest BCUT2D eigenvalue weighted by Gasteiger charge is 2.30. The zero-order valence-corrected chi connectivity index (χ0v) is 14.3. The van der Waals surface area contributed by atoms with E-state index < -0.39 is 17.9 Å². The molecule has 2 aromatic rings. The van der Waals surface area contributed by atoms with Crippen molar-refractivity contribution in [1.82, 2.24) is 20.0 Å². The average Bonchev–Trinajstić information content (AvgIpc) is 3.03. The molecule has 1 fully saturated rings. The molecule has 1 saturated heterocycles. The Morgan fingerprint density at radius 1 is 1.32 bits per heavy atom. The first-order valence-corrected chi connectivity index (χ1v) is 8.01. The fourth-order valence-electron chi connectivity index (χ4n) is 2.91. The molecule has 1 aromatic carbocycles. The summed E-state index contributed by atoms with van der Waals surface area (Å²) >= 11 is 0. The standard InChI is InChI=1S/C17H20FN5O2/c1-10-8-11(2)23(21-10)15-5-4-12(9-13(15)18)19-17(25)20-14-6-7-22(3)16(14)24/h4-5,8-9,14H,6-7H2,1-3H3,(H2,19,20,25)/t14-/m1/s1. The van der Waals surface area contributed by atoms with E-state index in [9.17, 15) is 14.0 Å². The van der Waals surface area contributed by atoms with E-state index in [1.807, 2.05) is 19.9 Å². The smallest absolute Gasteiger partial charge is 0.319 e. The molecular weight excluding hydrogens is 325 g/mol. The monoisotopic (exact) mass is 345 g/mol. The molecule has 1 aliphatic rings. The summed E-state index contributed by atoms with van der Waals surface area (Å²) in [6.45, 7) is 4.29. The van der Waals surface area contributed by atoms with Crippen LogP contribution in [0.25, 0.3) is 5.69 Å².